The van der Waals surface area contributed by atoms with Crippen LogP contribution in [0, 0.1) is 0 Å². The second-order valence-electron chi connectivity index (χ2n) is 4.89. The Hall–Kier alpha value is -3.35. The molecule has 23 heavy (non-hydrogen) atoms. The molecule has 0 radical (unpaired) electrons. The van der Waals surface area contributed by atoms with Crippen molar-refractivity contribution in [2.45, 2.75) is 0 Å². The van der Waals surface area contributed by atoms with Crippen molar-refractivity contribution in [2.24, 2.45) is 5.16 Å². The molecule has 3 N–H and O–H groups in total. The molecule has 3 aromatic rings. The number of nitrogen functional groups attached to an aromatic ring is 1. The number of ether oxygens (including phenoxy) is 1. The van der Waals surface area contributed by atoms with Crippen molar-refractivity contribution < 1.29 is 14.7 Å². The minimum atomic E-state index is -0.414. The smallest absolute Gasteiger partial charge is 0.339 e. The fraction of sp³-hybridized carbons (Fsp3) is 0.0625. The Labute approximate surface area is 131 Å². The van der Waals surface area contributed by atoms with E-state index in [0.717, 1.165) is 5.56 Å². The second kappa shape index (κ2) is 5.80. The summed E-state index contributed by atoms with van der Waals surface area (Å²) < 4.78 is 6.44. The van der Waals surface area contributed by atoms with E-state index in [9.17, 15) is 4.79 Å². The highest BCUT2D eigenvalue weighted by atomic mass is 16.5. The summed E-state index contributed by atoms with van der Waals surface area (Å²) in [5, 5.41) is 11.9. The number of nitrogens with two attached hydrogens (primary N) is 1. The summed E-state index contributed by atoms with van der Waals surface area (Å²) in [6.07, 6.45) is 4.73. The SMILES string of the molecule is COC(=O)c1ccc2nc(-c3ccc(N)cc3C=NO)cn2c1. The molecule has 0 bridgehead atoms. The van der Waals surface area contributed by atoms with Crippen molar-refractivity contribution in [1.82, 2.24) is 9.38 Å². The Kier molecular flexibility index (Phi) is 3.68. The van der Waals surface area contributed by atoms with Crippen LogP contribution in [0.4, 0.5) is 5.69 Å². The number of esters is 1. The number of anilines is 1. The van der Waals surface area contributed by atoms with Gasteiger partial charge in [0.2, 0.25) is 0 Å². The second-order valence-corrected chi connectivity index (χ2v) is 4.89. The van der Waals surface area contributed by atoms with Gasteiger partial charge in [0.05, 0.1) is 24.6 Å². The van der Waals surface area contributed by atoms with Gasteiger partial charge in [-0.15, -0.1) is 0 Å². The molecule has 0 saturated carbocycles. The van der Waals surface area contributed by atoms with E-state index in [0.29, 0.717) is 28.2 Å². The summed E-state index contributed by atoms with van der Waals surface area (Å²) in [6, 6.07) is 8.62. The van der Waals surface area contributed by atoms with E-state index in [-0.39, 0.29) is 0 Å². The molecule has 3 rings (SSSR count). The number of oxime groups is 1. The first-order valence-corrected chi connectivity index (χ1v) is 6.77. The molecule has 0 fully saturated rings. The fourth-order valence-corrected chi connectivity index (χ4v) is 2.34. The van der Waals surface area contributed by atoms with E-state index in [2.05, 4.69) is 10.1 Å². The standard InChI is InChI=1S/C16H14N4O3/c1-23-16(21)10-2-5-15-19-14(9-20(15)8-10)13-4-3-12(17)6-11(13)7-18-22/h2-9,22H,17H2,1H3. The van der Waals surface area contributed by atoms with Gasteiger partial charge in [0.25, 0.3) is 0 Å². The summed E-state index contributed by atoms with van der Waals surface area (Å²) in [5.41, 5.74) is 9.50. The van der Waals surface area contributed by atoms with Gasteiger partial charge in [0, 0.05) is 29.2 Å². The molecule has 7 nitrogen and oxygen atoms in total. The molecule has 0 aliphatic rings. The van der Waals surface area contributed by atoms with Gasteiger partial charge in [-0.25, -0.2) is 9.78 Å². The van der Waals surface area contributed by atoms with E-state index in [1.54, 1.807) is 47.1 Å². The maximum Gasteiger partial charge on any atom is 0.339 e. The van der Waals surface area contributed by atoms with Crippen LogP contribution in [-0.4, -0.2) is 33.9 Å². The molecule has 0 atom stereocenters. The largest absolute Gasteiger partial charge is 0.465 e. The minimum absolute atomic E-state index is 0.414. The number of imidazole rings is 1. The average Bonchev–Trinajstić information content (AvgIpc) is 2.97. The van der Waals surface area contributed by atoms with Crippen LogP contribution in [0.1, 0.15) is 15.9 Å². The first-order valence-electron chi connectivity index (χ1n) is 6.77. The fourth-order valence-electron chi connectivity index (χ4n) is 2.34. The van der Waals surface area contributed by atoms with Gasteiger partial charge in [0.1, 0.15) is 5.65 Å². The van der Waals surface area contributed by atoms with Crippen molar-refractivity contribution in [3.8, 4) is 11.3 Å². The first kappa shape index (κ1) is 14.6. The number of carbonyl (C=O) groups excluding carboxylic acids is 1. The van der Waals surface area contributed by atoms with Crippen LogP contribution < -0.4 is 5.73 Å². The van der Waals surface area contributed by atoms with Crippen LogP contribution in [0.2, 0.25) is 0 Å². The third kappa shape index (κ3) is 2.71. The third-order valence-corrected chi connectivity index (χ3v) is 3.42. The van der Waals surface area contributed by atoms with E-state index < -0.39 is 5.97 Å². The Balaban J connectivity index is 2.12. The molecule has 2 heterocycles. The molecule has 1 aromatic carbocycles. The highest BCUT2D eigenvalue weighted by molar-refractivity contribution is 5.91. The third-order valence-electron chi connectivity index (χ3n) is 3.42. The molecular formula is C16H14N4O3. The highest BCUT2D eigenvalue weighted by Gasteiger charge is 2.11. The minimum Gasteiger partial charge on any atom is -0.465 e. The van der Waals surface area contributed by atoms with Gasteiger partial charge in [-0.2, -0.15) is 0 Å². The molecule has 0 spiro atoms. The molecular weight excluding hydrogens is 296 g/mol. The lowest BCUT2D eigenvalue weighted by atomic mass is 10.1. The van der Waals surface area contributed by atoms with Crippen LogP contribution in [0.5, 0.6) is 0 Å². The van der Waals surface area contributed by atoms with Gasteiger partial charge in [-0.1, -0.05) is 11.2 Å². The summed E-state index contributed by atoms with van der Waals surface area (Å²) in [4.78, 5) is 16.1. The number of nitrogens with zero attached hydrogens (tertiary/aromatic N) is 3. The van der Waals surface area contributed by atoms with Crippen LogP contribution >= 0.6 is 0 Å². The number of pyridine rings is 1. The van der Waals surface area contributed by atoms with Crippen LogP contribution in [-0.2, 0) is 4.74 Å². The van der Waals surface area contributed by atoms with Gasteiger partial charge in [0.15, 0.2) is 0 Å². The molecule has 0 aliphatic heterocycles. The molecule has 0 saturated heterocycles. The Bertz CT molecular complexity index is 915. The van der Waals surface area contributed by atoms with Crippen LogP contribution in [0.15, 0.2) is 47.9 Å². The van der Waals surface area contributed by atoms with E-state index in [1.807, 2.05) is 0 Å². The Morgan fingerprint density at radius 2 is 2.17 bits per heavy atom. The lowest BCUT2D eigenvalue weighted by Crippen LogP contribution is -2.02. The molecule has 0 unspecified atom stereocenters. The lowest BCUT2D eigenvalue weighted by molar-refractivity contribution is 0.0600. The monoisotopic (exact) mass is 310 g/mol. The van der Waals surface area contributed by atoms with Gasteiger partial charge in [-0.3, -0.25) is 0 Å². The molecule has 0 amide bonds. The zero-order valence-corrected chi connectivity index (χ0v) is 12.3. The quantitative estimate of drug-likeness (QED) is 0.254. The van der Waals surface area contributed by atoms with Crippen LogP contribution in [0.3, 0.4) is 0 Å². The zero-order chi connectivity index (χ0) is 16.4. The predicted octanol–water partition coefficient (Wildman–Crippen LogP) is 2.18. The van der Waals surface area contributed by atoms with Crippen molar-refractivity contribution in [3.05, 3.63) is 53.9 Å². The number of aromatic nitrogens is 2. The molecule has 2 aromatic heterocycles. The summed E-state index contributed by atoms with van der Waals surface area (Å²) in [6.45, 7) is 0. The van der Waals surface area contributed by atoms with Crippen molar-refractivity contribution in [2.75, 3.05) is 12.8 Å². The number of rotatable bonds is 3. The van der Waals surface area contributed by atoms with Gasteiger partial charge in [-0.05, 0) is 24.3 Å². The Morgan fingerprint density at radius 3 is 2.91 bits per heavy atom. The average molecular weight is 310 g/mol. The number of benzene rings is 1. The number of carbonyl (C=O) groups is 1. The van der Waals surface area contributed by atoms with E-state index >= 15 is 0 Å². The highest BCUT2D eigenvalue weighted by Crippen LogP contribution is 2.24. The van der Waals surface area contributed by atoms with Gasteiger partial charge < -0.3 is 20.1 Å². The topological polar surface area (TPSA) is 102 Å². The van der Waals surface area contributed by atoms with Crippen molar-refractivity contribution in [1.29, 1.82) is 0 Å². The number of hydrogen-bond acceptors (Lipinski definition) is 6. The molecule has 116 valence electrons. The summed E-state index contributed by atoms with van der Waals surface area (Å²) in [7, 11) is 1.33. The number of hydrogen-bond donors (Lipinski definition) is 2. The molecule has 0 aliphatic carbocycles. The van der Waals surface area contributed by atoms with Crippen molar-refractivity contribution in [3.63, 3.8) is 0 Å². The maximum absolute atomic E-state index is 11.6. The van der Waals surface area contributed by atoms with Gasteiger partial charge >= 0.3 is 5.97 Å². The normalized spacial score (nSPS) is 11.2. The predicted molar refractivity (Wildman–Crippen MR) is 85.8 cm³/mol. The van der Waals surface area contributed by atoms with Crippen LogP contribution in [0.25, 0.3) is 16.9 Å². The van der Waals surface area contributed by atoms with E-state index in [4.69, 9.17) is 15.7 Å². The maximum atomic E-state index is 11.6. The lowest BCUT2D eigenvalue weighted by Gasteiger charge is -2.03. The number of methoxy groups -OCH3 is 1. The molecule has 7 heteroatoms. The van der Waals surface area contributed by atoms with Crippen molar-refractivity contribution >= 4 is 23.5 Å². The van der Waals surface area contributed by atoms with E-state index in [1.165, 1.54) is 13.3 Å². The Morgan fingerprint density at radius 1 is 1.35 bits per heavy atom. The first-order chi connectivity index (χ1) is 11.1. The number of fused-ring (bicyclic) bond motifs is 1. The summed E-state index contributed by atoms with van der Waals surface area (Å²) >= 11 is 0. The zero-order valence-electron chi connectivity index (χ0n) is 12.3. The summed E-state index contributed by atoms with van der Waals surface area (Å²) in [5.74, 6) is -0.414.